The van der Waals surface area contributed by atoms with Gasteiger partial charge in [0.15, 0.2) is 0 Å². The third kappa shape index (κ3) is 4.96. The average molecular weight is 659 g/mol. The van der Waals surface area contributed by atoms with Gasteiger partial charge >= 0.3 is 0 Å². The van der Waals surface area contributed by atoms with Crippen LogP contribution < -0.4 is 0 Å². The Morgan fingerprint density at radius 2 is 1.21 bits per heavy atom. The van der Waals surface area contributed by atoms with Gasteiger partial charge in [-0.15, -0.1) is 0 Å². The summed E-state index contributed by atoms with van der Waals surface area (Å²) in [5, 5.41) is 0. The van der Waals surface area contributed by atoms with Crippen LogP contribution in [0.5, 0.6) is 0 Å². The Morgan fingerprint density at radius 1 is 0.542 bits per heavy atom. The van der Waals surface area contributed by atoms with Gasteiger partial charge in [-0.05, 0) is 193 Å². The molecule has 48 heavy (non-hydrogen) atoms. The van der Waals surface area contributed by atoms with Gasteiger partial charge in [0.2, 0.25) is 0 Å². The molecular weight excluding hydrogens is 577 g/mol. The van der Waals surface area contributed by atoms with E-state index in [0.717, 1.165) is 124 Å². The molecule has 16 atom stereocenters. The maximum Gasteiger partial charge on any atom is -0.0165 e. The summed E-state index contributed by atoms with van der Waals surface area (Å²) in [7, 11) is 0. The van der Waals surface area contributed by atoms with Crippen molar-refractivity contribution in [1.82, 2.24) is 0 Å². The van der Waals surface area contributed by atoms with Crippen LogP contribution in [-0.2, 0) is 0 Å². The van der Waals surface area contributed by atoms with Crippen molar-refractivity contribution in [2.24, 2.45) is 135 Å². The molecule has 0 radical (unpaired) electrons. The highest BCUT2D eigenvalue weighted by Gasteiger charge is 2.79. The second-order valence-electron chi connectivity index (χ2n) is 23.3. The van der Waals surface area contributed by atoms with Crippen molar-refractivity contribution < 1.29 is 0 Å². The van der Waals surface area contributed by atoms with Gasteiger partial charge in [0.05, 0.1) is 0 Å². The summed E-state index contributed by atoms with van der Waals surface area (Å²) in [5.41, 5.74) is 1.10. The molecule has 0 N–H and O–H groups in total. The molecule has 0 aromatic carbocycles. The van der Waals surface area contributed by atoms with Crippen LogP contribution in [-0.4, -0.2) is 0 Å². The summed E-state index contributed by atoms with van der Waals surface area (Å²) < 4.78 is 0. The van der Waals surface area contributed by atoms with E-state index in [1.54, 1.807) is 70.6 Å². The molecule has 0 saturated heterocycles. The van der Waals surface area contributed by atoms with Crippen LogP contribution in [0.25, 0.3) is 0 Å². The fourth-order valence-electron chi connectivity index (χ4n) is 19.1. The molecule has 1 spiro atoms. The lowest BCUT2D eigenvalue weighted by molar-refractivity contribution is -0.256. The minimum Gasteiger partial charge on any atom is -0.0628 e. The molecule has 8 aliphatic carbocycles. The SMILES string of the molecule is CC(C)CC1CCCC2CCC3C(CC4CCC5C(C6CC(C(C)(C)C)C7CCCCC7C6C56C(C(C)C)C(C(C)C)C6C(C)C)C43)C21. The zero-order valence-corrected chi connectivity index (χ0v) is 34.0. The lowest BCUT2D eigenvalue weighted by Crippen LogP contribution is -2.68. The van der Waals surface area contributed by atoms with Crippen LogP contribution in [0.15, 0.2) is 0 Å². The van der Waals surface area contributed by atoms with Crippen molar-refractivity contribution in [2.75, 3.05) is 0 Å². The molecular formula is C48H82. The standard InChI is InChI=1S/C48H82/c1-26(2)23-31-16-14-15-30-19-21-34-36(41(30)31)24-32-20-22-38-43(42(32)34)37-25-39(47(9,10)11)33-17-12-13-18-35(33)46(37)48(38)44(28(5)6)40(27(3)4)45(48)29(7)8/h26-46H,12-25H2,1-11H3. The third-order valence-corrected chi connectivity index (χ3v) is 19.2. The third-order valence-electron chi connectivity index (χ3n) is 19.2. The fraction of sp³-hybridized carbons (Fsp3) is 1.00. The van der Waals surface area contributed by atoms with E-state index in [0.29, 0.717) is 10.8 Å². The topological polar surface area (TPSA) is 0 Å². The Hall–Kier alpha value is 0. The van der Waals surface area contributed by atoms with Crippen molar-refractivity contribution in [2.45, 2.75) is 166 Å². The first-order chi connectivity index (χ1) is 22.8. The van der Waals surface area contributed by atoms with Crippen LogP contribution in [0.3, 0.4) is 0 Å². The lowest BCUT2D eigenvalue weighted by Gasteiger charge is -2.72. The predicted octanol–water partition coefficient (Wildman–Crippen LogP) is 13.7. The van der Waals surface area contributed by atoms with Crippen molar-refractivity contribution >= 4 is 0 Å². The van der Waals surface area contributed by atoms with E-state index >= 15 is 0 Å². The summed E-state index contributed by atoms with van der Waals surface area (Å²) in [6.07, 6.45) is 22.2. The number of rotatable bonds is 5. The van der Waals surface area contributed by atoms with Crippen LogP contribution in [0.4, 0.5) is 0 Å². The van der Waals surface area contributed by atoms with Gasteiger partial charge in [0.1, 0.15) is 0 Å². The van der Waals surface area contributed by atoms with Crippen LogP contribution in [0.2, 0.25) is 0 Å². The van der Waals surface area contributed by atoms with Crippen molar-refractivity contribution in [3.8, 4) is 0 Å². The summed E-state index contributed by atoms with van der Waals surface area (Å²) in [6, 6.07) is 0. The van der Waals surface area contributed by atoms with Crippen molar-refractivity contribution in [3.05, 3.63) is 0 Å². The monoisotopic (exact) mass is 659 g/mol. The van der Waals surface area contributed by atoms with Gasteiger partial charge in [-0.2, -0.15) is 0 Å². The van der Waals surface area contributed by atoms with Crippen LogP contribution >= 0.6 is 0 Å². The first-order valence-electron chi connectivity index (χ1n) is 22.8. The molecule has 0 amide bonds. The molecule has 0 aromatic heterocycles. The predicted molar refractivity (Wildman–Crippen MR) is 205 cm³/mol. The first kappa shape index (κ1) is 35.1. The molecule has 16 unspecified atom stereocenters. The molecule has 0 aliphatic heterocycles. The molecule has 0 nitrogen and oxygen atoms in total. The smallest absolute Gasteiger partial charge is 0.0165 e. The Bertz CT molecular complexity index is 1120. The Kier molecular flexibility index (Phi) is 9.17. The number of hydrogen-bond donors (Lipinski definition) is 0. The average Bonchev–Trinajstić information content (AvgIpc) is 3.52. The Morgan fingerprint density at radius 3 is 1.83 bits per heavy atom. The quantitative estimate of drug-likeness (QED) is 0.276. The van der Waals surface area contributed by atoms with E-state index in [-0.39, 0.29) is 0 Å². The highest BCUT2D eigenvalue weighted by Crippen LogP contribution is 2.83. The molecule has 0 heterocycles. The molecule has 8 rings (SSSR count). The zero-order chi connectivity index (χ0) is 34.0. The Labute approximate surface area is 300 Å². The minimum atomic E-state index is 0.460. The van der Waals surface area contributed by atoms with E-state index in [9.17, 15) is 0 Å². The molecule has 8 aliphatic rings. The van der Waals surface area contributed by atoms with Crippen molar-refractivity contribution in [1.29, 1.82) is 0 Å². The summed E-state index contributed by atoms with van der Waals surface area (Å²) in [5.74, 6) is 21.1. The molecule has 0 bridgehead atoms. The van der Waals surface area contributed by atoms with E-state index in [1.165, 1.54) is 19.3 Å². The van der Waals surface area contributed by atoms with Gasteiger partial charge < -0.3 is 0 Å². The minimum absolute atomic E-state index is 0.460. The first-order valence-corrected chi connectivity index (χ1v) is 22.8. The number of fused-ring (bicyclic) bond motifs is 13. The Balaban J connectivity index is 1.25. The van der Waals surface area contributed by atoms with Gasteiger partial charge in [-0.3, -0.25) is 0 Å². The molecule has 274 valence electrons. The summed E-state index contributed by atoms with van der Waals surface area (Å²) >= 11 is 0. The molecule has 0 heteroatoms. The highest BCUT2D eigenvalue weighted by atomic mass is 14.8. The summed E-state index contributed by atoms with van der Waals surface area (Å²) in [6.45, 7) is 29.2. The van der Waals surface area contributed by atoms with Gasteiger partial charge in [-0.1, -0.05) is 108 Å². The van der Waals surface area contributed by atoms with Crippen molar-refractivity contribution in [3.63, 3.8) is 0 Å². The van der Waals surface area contributed by atoms with Gasteiger partial charge in [0, 0.05) is 0 Å². The van der Waals surface area contributed by atoms with E-state index < -0.39 is 0 Å². The summed E-state index contributed by atoms with van der Waals surface area (Å²) in [4.78, 5) is 0. The fourth-order valence-corrected chi connectivity index (χ4v) is 19.1. The highest BCUT2D eigenvalue weighted by molar-refractivity contribution is 5.26. The van der Waals surface area contributed by atoms with E-state index in [1.807, 2.05) is 0 Å². The molecule has 0 aromatic rings. The van der Waals surface area contributed by atoms with E-state index in [2.05, 4.69) is 76.2 Å². The van der Waals surface area contributed by atoms with Crippen LogP contribution in [0.1, 0.15) is 166 Å². The lowest BCUT2D eigenvalue weighted by atomic mass is 9.32. The number of hydrogen-bond acceptors (Lipinski definition) is 0. The molecule has 8 saturated carbocycles. The maximum absolute atomic E-state index is 2.70. The second-order valence-corrected chi connectivity index (χ2v) is 23.3. The van der Waals surface area contributed by atoms with Crippen LogP contribution in [0, 0.1) is 135 Å². The van der Waals surface area contributed by atoms with Gasteiger partial charge in [0.25, 0.3) is 0 Å². The van der Waals surface area contributed by atoms with E-state index in [4.69, 9.17) is 0 Å². The largest absolute Gasteiger partial charge is 0.0628 e. The normalized spacial score (nSPS) is 52.9. The second kappa shape index (κ2) is 12.6. The zero-order valence-electron chi connectivity index (χ0n) is 34.0. The maximum atomic E-state index is 2.70. The van der Waals surface area contributed by atoms with Gasteiger partial charge in [-0.25, -0.2) is 0 Å². The molecule has 8 fully saturated rings.